The Bertz CT molecular complexity index is 988. The number of amides is 1. The van der Waals surface area contributed by atoms with Crippen molar-refractivity contribution in [2.75, 3.05) is 38.7 Å². The van der Waals surface area contributed by atoms with Gasteiger partial charge in [0.1, 0.15) is 11.6 Å². The van der Waals surface area contributed by atoms with Gasteiger partial charge >= 0.3 is 0 Å². The van der Waals surface area contributed by atoms with Crippen molar-refractivity contribution in [3.8, 4) is 0 Å². The number of nitrogens with one attached hydrogen (secondary N) is 2. The van der Waals surface area contributed by atoms with E-state index in [2.05, 4.69) is 15.8 Å². The topological polar surface area (TPSA) is 47.6 Å². The molecule has 1 heterocycles. The smallest absolute Gasteiger partial charge is 0.251 e. The van der Waals surface area contributed by atoms with Crippen molar-refractivity contribution in [3.05, 3.63) is 64.2 Å². The minimum atomic E-state index is -0.602. The first-order valence-electron chi connectivity index (χ1n) is 11.9. The summed E-state index contributed by atoms with van der Waals surface area (Å²) in [5.74, 6) is -0.704. The molecule has 1 saturated carbocycles. The van der Waals surface area contributed by atoms with Crippen LogP contribution >= 0.6 is 0 Å². The Kier molecular flexibility index (Phi) is 7.60. The lowest BCUT2D eigenvalue weighted by molar-refractivity contribution is 0.0950. The van der Waals surface area contributed by atoms with Gasteiger partial charge in [-0.3, -0.25) is 4.79 Å². The van der Waals surface area contributed by atoms with Gasteiger partial charge in [-0.2, -0.15) is 0 Å². The van der Waals surface area contributed by atoms with Gasteiger partial charge < -0.3 is 15.2 Å². The van der Waals surface area contributed by atoms with Gasteiger partial charge in [0.25, 0.3) is 5.91 Å². The first-order valence-corrected chi connectivity index (χ1v) is 11.9. The van der Waals surface area contributed by atoms with Crippen LogP contribution in [0.2, 0.25) is 0 Å². The van der Waals surface area contributed by atoms with Crippen LogP contribution in [0.5, 0.6) is 0 Å². The summed E-state index contributed by atoms with van der Waals surface area (Å²) in [5.41, 5.74) is 7.29. The molecule has 0 radical (unpaired) electrons. The van der Waals surface area contributed by atoms with E-state index in [0.29, 0.717) is 30.1 Å². The molecule has 178 valence electrons. The molecule has 0 saturated heterocycles. The average Bonchev–Trinajstić information content (AvgIpc) is 3.17. The van der Waals surface area contributed by atoms with Gasteiger partial charge in [-0.05, 0) is 61.7 Å². The van der Waals surface area contributed by atoms with E-state index in [1.807, 2.05) is 31.1 Å². The zero-order valence-corrected chi connectivity index (χ0v) is 19.6. The standard InChI is InChI=1S/C26H34F2N4O/c1-31(2)11-10-29-26(33)23-15-25-21(16-30-32(25)17-18-6-4-3-5-7-18)13-20(23)12-19-8-9-22(27)14-24(19)28/h8-9,13-15,18,30H,3-7,10-12,16-17H2,1-2H3,(H,29,33). The van der Waals surface area contributed by atoms with Crippen molar-refractivity contribution >= 4 is 11.6 Å². The predicted molar refractivity (Wildman–Crippen MR) is 127 cm³/mol. The highest BCUT2D eigenvalue weighted by atomic mass is 19.1. The highest BCUT2D eigenvalue weighted by Crippen LogP contribution is 2.33. The van der Waals surface area contributed by atoms with Crippen LogP contribution in [0.15, 0.2) is 30.3 Å². The minimum Gasteiger partial charge on any atom is -0.351 e. The third-order valence-corrected chi connectivity index (χ3v) is 6.71. The molecule has 1 aliphatic carbocycles. The number of nitrogens with zero attached hydrogens (tertiary/aromatic N) is 2. The molecular formula is C26H34F2N4O. The van der Waals surface area contributed by atoms with Gasteiger partial charge in [-0.15, -0.1) is 0 Å². The van der Waals surface area contributed by atoms with E-state index < -0.39 is 11.6 Å². The molecule has 2 aromatic carbocycles. The molecule has 33 heavy (non-hydrogen) atoms. The third kappa shape index (κ3) is 5.89. The Morgan fingerprint density at radius 1 is 1.12 bits per heavy atom. The number of fused-ring (bicyclic) bond motifs is 1. The molecule has 1 aliphatic heterocycles. The van der Waals surface area contributed by atoms with Crippen LogP contribution in [-0.4, -0.2) is 44.5 Å². The molecule has 2 N–H and O–H groups in total. The fourth-order valence-electron chi connectivity index (χ4n) is 4.85. The second-order valence-electron chi connectivity index (χ2n) is 9.56. The van der Waals surface area contributed by atoms with Gasteiger partial charge in [0, 0.05) is 44.2 Å². The van der Waals surface area contributed by atoms with E-state index in [1.54, 1.807) is 0 Å². The maximum atomic E-state index is 14.4. The van der Waals surface area contributed by atoms with E-state index in [1.165, 1.54) is 44.2 Å². The number of rotatable bonds is 8. The van der Waals surface area contributed by atoms with Crippen LogP contribution in [0, 0.1) is 17.6 Å². The van der Waals surface area contributed by atoms with E-state index >= 15 is 0 Å². The third-order valence-electron chi connectivity index (χ3n) is 6.71. The fraction of sp³-hybridized carbons (Fsp3) is 0.500. The molecule has 2 aromatic rings. The zero-order valence-electron chi connectivity index (χ0n) is 19.6. The van der Waals surface area contributed by atoms with E-state index in [9.17, 15) is 13.6 Å². The minimum absolute atomic E-state index is 0.165. The van der Waals surface area contributed by atoms with Crippen molar-refractivity contribution in [1.29, 1.82) is 0 Å². The Balaban J connectivity index is 1.61. The van der Waals surface area contributed by atoms with Crippen molar-refractivity contribution < 1.29 is 13.6 Å². The summed E-state index contributed by atoms with van der Waals surface area (Å²) in [4.78, 5) is 15.2. The van der Waals surface area contributed by atoms with Crippen LogP contribution in [0.3, 0.4) is 0 Å². The highest BCUT2D eigenvalue weighted by Gasteiger charge is 2.26. The molecule has 0 unspecified atom stereocenters. The molecule has 1 fully saturated rings. The lowest BCUT2D eigenvalue weighted by Crippen LogP contribution is -2.37. The Morgan fingerprint density at radius 2 is 1.91 bits per heavy atom. The van der Waals surface area contributed by atoms with Crippen molar-refractivity contribution in [3.63, 3.8) is 0 Å². The normalized spacial score (nSPS) is 16.3. The largest absolute Gasteiger partial charge is 0.351 e. The summed E-state index contributed by atoms with van der Waals surface area (Å²) < 4.78 is 27.8. The molecule has 2 aliphatic rings. The molecule has 4 rings (SSSR count). The van der Waals surface area contributed by atoms with E-state index in [-0.39, 0.29) is 12.3 Å². The maximum Gasteiger partial charge on any atom is 0.251 e. The summed E-state index contributed by atoms with van der Waals surface area (Å²) in [6.45, 7) is 2.87. The molecule has 0 aromatic heterocycles. The van der Waals surface area contributed by atoms with Crippen molar-refractivity contribution in [2.45, 2.75) is 45.1 Å². The van der Waals surface area contributed by atoms with Crippen LogP contribution in [0.25, 0.3) is 0 Å². The molecule has 1 amide bonds. The Labute approximate surface area is 195 Å². The number of benzene rings is 2. The summed E-state index contributed by atoms with van der Waals surface area (Å²) in [7, 11) is 3.91. The number of hydrazine groups is 1. The number of anilines is 1. The predicted octanol–water partition coefficient (Wildman–Crippen LogP) is 4.25. The number of carbonyl (C=O) groups is 1. The molecular weight excluding hydrogens is 422 g/mol. The lowest BCUT2D eigenvalue weighted by Gasteiger charge is -2.28. The molecule has 0 spiro atoms. The average molecular weight is 457 g/mol. The maximum absolute atomic E-state index is 14.4. The van der Waals surface area contributed by atoms with Crippen LogP contribution in [0.4, 0.5) is 14.5 Å². The van der Waals surface area contributed by atoms with Crippen molar-refractivity contribution in [2.24, 2.45) is 5.92 Å². The van der Waals surface area contributed by atoms with Gasteiger partial charge in [0.05, 0.1) is 5.69 Å². The monoisotopic (exact) mass is 456 g/mol. The second kappa shape index (κ2) is 10.6. The van der Waals surface area contributed by atoms with E-state index in [0.717, 1.165) is 36.0 Å². The van der Waals surface area contributed by atoms with Crippen molar-refractivity contribution in [1.82, 2.24) is 15.6 Å². The Hall–Kier alpha value is -2.51. The quantitative estimate of drug-likeness (QED) is 0.624. The fourth-order valence-corrected chi connectivity index (χ4v) is 4.85. The van der Waals surface area contributed by atoms with Crippen LogP contribution in [-0.2, 0) is 13.0 Å². The van der Waals surface area contributed by atoms with E-state index in [4.69, 9.17) is 0 Å². The molecule has 5 nitrogen and oxygen atoms in total. The molecule has 0 bridgehead atoms. The highest BCUT2D eigenvalue weighted by molar-refractivity contribution is 5.97. The Morgan fingerprint density at radius 3 is 2.64 bits per heavy atom. The lowest BCUT2D eigenvalue weighted by atomic mass is 9.89. The number of hydrogen-bond acceptors (Lipinski definition) is 4. The molecule has 0 atom stereocenters. The van der Waals surface area contributed by atoms with Gasteiger partial charge in [0.15, 0.2) is 0 Å². The van der Waals surface area contributed by atoms with Crippen LogP contribution < -0.4 is 15.8 Å². The first kappa shape index (κ1) is 23.6. The van der Waals surface area contributed by atoms with Gasteiger partial charge in [-0.1, -0.05) is 31.4 Å². The van der Waals surface area contributed by atoms with Gasteiger partial charge in [0.2, 0.25) is 0 Å². The second-order valence-corrected chi connectivity index (χ2v) is 9.56. The number of likely N-dealkylation sites (N-methyl/N-ethyl adjacent to an activating group) is 1. The zero-order chi connectivity index (χ0) is 23.4. The van der Waals surface area contributed by atoms with Crippen LogP contribution in [0.1, 0.15) is 59.2 Å². The number of hydrogen-bond donors (Lipinski definition) is 2. The summed E-state index contributed by atoms with van der Waals surface area (Å²) in [6, 6.07) is 7.56. The summed E-state index contributed by atoms with van der Waals surface area (Å²) in [5, 5.41) is 5.18. The summed E-state index contributed by atoms with van der Waals surface area (Å²) >= 11 is 0. The number of carbonyl (C=O) groups excluding carboxylic acids is 1. The SMILES string of the molecule is CN(C)CCNC(=O)c1cc2c(cc1Cc1ccc(F)cc1F)CNN2CC1CCCCC1. The first-order chi connectivity index (χ1) is 15.9. The number of halogens is 2. The van der Waals surface area contributed by atoms with Gasteiger partial charge in [-0.25, -0.2) is 14.2 Å². The molecule has 7 heteroatoms. The summed E-state index contributed by atoms with van der Waals surface area (Å²) in [6.07, 6.45) is 6.61.